The van der Waals surface area contributed by atoms with Gasteiger partial charge in [-0.15, -0.1) is 0 Å². The fourth-order valence-corrected chi connectivity index (χ4v) is 6.45. The molecule has 8 aromatic rings. The highest BCUT2D eigenvalue weighted by molar-refractivity contribution is 6.01. The second kappa shape index (κ2) is 11.6. The standard InChI is InChI=1S/C44H31N/c1-2-13-32(14-3-1)35-19-8-20-36(29-35)37-21-9-23-39(30-37)45(44-28-12-18-34-16-5-7-26-43(34)44)40-24-10-22-38(31-40)42-27-11-17-33-15-4-6-25-41(33)42/h1-31H. The van der Waals surface area contributed by atoms with Gasteiger partial charge in [-0.3, -0.25) is 0 Å². The third-order valence-electron chi connectivity index (χ3n) is 8.62. The van der Waals surface area contributed by atoms with E-state index in [0.29, 0.717) is 0 Å². The lowest BCUT2D eigenvalue weighted by atomic mass is 9.97. The van der Waals surface area contributed by atoms with Crippen LogP contribution < -0.4 is 4.90 Å². The highest BCUT2D eigenvalue weighted by Gasteiger charge is 2.17. The zero-order valence-electron chi connectivity index (χ0n) is 24.8. The van der Waals surface area contributed by atoms with E-state index in [9.17, 15) is 0 Å². The van der Waals surface area contributed by atoms with Crippen molar-refractivity contribution in [2.24, 2.45) is 0 Å². The van der Waals surface area contributed by atoms with Gasteiger partial charge in [0.05, 0.1) is 5.69 Å². The monoisotopic (exact) mass is 573 g/mol. The molecule has 0 aromatic heterocycles. The first kappa shape index (κ1) is 26.7. The van der Waals surface area contributed by atoms with E-state index in [1.807, 2.05) is 0 Å². The molecule has 0 amide bonds. The first-order valence-corrected chi connectivity index (χ1v) is 15.4. The van der Waals surface area contributed by atoms with E-state index < -0.39 is 0 Å². The molecule has 0 spiro atoms. The Morgan fingerprint density at radius 2 is 0.756 bits per heavy atom. The van der Waals surface area contributed by atoms with Gasteiger partial charge in [-0.1, -0.05) is 152 Å². The Labute approximate surface area is 264 Å². The highest BCUT2D eigenvalue weighted by Crippen LogP contribution is 2.42. The molecule has 0 saturated heterocycles. The van der Waals surface area contributed by atoms with Crippen molar-refractivity contribution in [2.45, 2.75) is 0 Å². The zero-order valence-corrected chi connectivity index (χ0v) is 24.8. The lowest BCUT2D eigenvalue weighted by Crippen LogP contribution is -2.10. The van der Waals surface area contributed by atoms with Crippen LogP contribution in [0, 0.1) is 0 Å². The molecule has 0 N–H and O–H groups in total. The zero-order chi connectivity index (χ0) is 30.0. The molecular formula is C44H31N. The Morgan fingerprint density at radius 1 is 0.289 bits per heavy atom. The maximum Gasteiger partial charge on any atom is 0.0540 e. The second-order valence-electron chi connectivity index (χ2n) is 11.4. The Morgan fingerprint density at radius 3 is 1.51 bits per heavy atom. The Bertz CT molecular complexity index is 2270. The molecule has 0 bridgehead atoms. The highest BCUT2D eigenvalue weighted by atomic mass is 15.1. The van der Waals surface area contributed by atoms with Crippen LogP contribution in [0.25, 0.3) is 54.9 Å². The third-order valence-corrected chi connectivity index (χ3v) is 8.62. The normalized spacial score (nSPS) is 11.1. The summed E-state index contributed by atoms with van der Waals surface area (Å²) in [6.45, 7) is 0. The first-order chi connectivity index (χ1) is 22.3. The Hall–Kier alpha value is -5.92. The number of hydrogen-bond donors (Lipinski definition) is 0. The molecule has 1 heteroatoms. The quantitative estimate of drug-likeness (QED) is 0.191. The summed E-state index contributed by atoms with van der Waals surface area (Å²) in [5, 5.41) is 4.94. The van der Waals surface area contributed by atoms with Crippen LogP contribution >= 0.6 is 0 Å². The van der Waals surface area contributed by atoms with Crippen molar-refractivity contribution < 1.29 is 0 Å². The van der Waals surface area contributed by atoms with Gasteiger partial charge in [0.2, 0.25) is 0 Å². The molecule has 0 heterocycles. The van der Waals surface area contributed by atoms with Gasteiger partial charge in [0.1, 0.15) is 0 Å². The van der Waals surface area contributed by atoms with E-state index in [1.165, 1.54) is 54.9 Å². The van der Waals surface area contributed by atoms with E-state index in [-0.39, 0.29) is 0 Å². The minimum absolute atomic E-state index is 1.11. The van der Waals surface area contributed by atoms with Crippen LogP contribution in [0.3, 0.4) is 0 Å². The van der Waals surface area contributed by atoms with Crippen LogP contribution in [-0.4, -0.2) is 0 Å². The van der Waals surface area contributed by atoms with Crippen LogP contribution in [-0.2, 0) is 0 Å². The molecule has 8 rings (SSSR count). The van der Waals surface area contributed by atoms with E-state index in [4.69, 9.17) is 0 Å². The SMILES string of the molecule is c1ccc(-c2cccc(-c3cccc(N(c4cccc(-c5cccc6ccccc56)c4)c4cccc5ccccc45)c3)c2)cc1. The first-order valence-electron chi connectivity index (χ1n) is 15.4. The van der Waals surface area contributed by atoms with Gasteiger partial charge < -0.3 is 4.90 Å². The van der Waals surface area contributed by atoms with Gasteiger partial charge in [0.25, 0.3) is 0 Å². The summed E-state index contributed by atoms with van der Waals surface area (Å²) in [5.41, 5.74) is 10.6. The van der Waals surface area contributed by atoms with Crippen LogP contribution in [0.1, 0.15) is 0 Å². The van der Waals surface area contributed by atoms with E-state index in [0.717, 1.165) is 17.1 Å². The molecule has 0 saturated carbocycles. The van der Waals surface area contributed by atoms with Crippen LogP contribution in [0.2, 0.25) is 0 Å². The molecule has 1 nitrogen and oxygen atoms in total. The summed E-state index contributed by atoms with van der Waals surface area (Å²) >= 11 is 0. The molecule has 0 unspecified atom stereocenters. The fourth-order valence-electron chi connectivity index (χ4n) is 6.45. The lowest BCUT2D eigenvalue weighted by molar-refractivity contribution is 1.30. The molecule has 0 radical (unpaired) electrons. The largest absolute Gasteiger partial charge is 0.310 e. The molecule has 0 aliphatic rings. The van der Waals surface area contributed by atoms with Gasteiger partial charge in [-0.05, 0) is 85.9 Å². The fraction of sp³-hybridized carbons (Fsp3) is 0. The summed E-state index contributed by atoms with van der Waals surface area (Å²) < 4.78 is 0. The lowest BCUT2D eigenvalue weighted by Gasteiger charge is -2.28. The summed E-state index contributed by atoms with van der Waals surface area (Å²) in [6.07, 6.45) is 0. The van der Waals surface area contributed by atoms with E-state index in [1.54, 1.807) is 0 Å². The second-order valence-corrected chi connectivity index (χ2v) is 11.4. The van der Waals surface area contributed by atoms with E-state index in [2.05, 4.69) is 193 Å². The Kier molecular flexibility index (Phi) is 6.90. The van der Waals surface area contributed by atoms with Gasteiger partial charge >= 0.3 is 0 Å². The molecule has 0 atom stereocenters. The number of nitrogens with zero attached hydrogens (tertiary/aromatic N) is 1. The molecule has 0 aliphatic heterocycles. The number of anilines is 3. The molecule has 45 heavy (non-hydrogen) atoms. The smallest absolute Gasteiger partial charge is 0.0540 e. The number of benzene rings is 8. The molecule has 8 aromatic carbocycles. The summed E-state index contributed by atoms with van der Waals surface area (Å²) in [6, 6.07) is 67.7. The Balaban J connectivity index is 1.30. The van der Waals surface area contributed by atoms with Crippen molar-refractivity contribution in [1.82, 2.24) is 0 Å². The topological polar surface area (TPSA) is 3.24 Å². The van der Waals surface area contributed by atoms with Crippen molar-refractivity contribution in [3.05, 3.63) is 188 Å². The average Bonchev–Trinajstić information content (AvgIpc) is 3.12. The van der Waals surface area contributed by atoms with Crippen LogP contribution in [0.15, 0.2) is 188 Å². The average molecular weight is 574 g/mol. The van der Waals surface area contributed by atoms with Crippen molar-refractivity contribution >= 4 is 38.6 Å². The van der Waals surface area contributed by atoms with Crippen LogP contribution in [0.5, 0.6) is 0 Å². The van der Waals surface area contributed by atoms with Crippen molar-refractivity contribution in [1.29, 1.82) is 0 Å². The predicted molar refractivity (Wildman–Crippen MR) is 192 cm³/mol. The summed E-state index contributed by atoms with van der Waals surface area (Å²) in [7, 11) is 0. The van der Waals surface area contributed by atoms with Crippen LogP contribution in [0.4, 0.5) is 17.1 Å². The predicted octanol–water partition coefficient (Wildman–Crippen LogP) is 12.5. The molecule has 212 valence electrons. The number of fused-ring (bicyclic) bond motifs is 2. The maximum atomic E-state index is 2.40. The van der Waals surface area contributed by atoms with Gasteiger partial charge in [-0.25, -0.2) is 0 Å². The maximum absolute atomic E-state index is 2.40. The molecule has 0 fully saturated rings. The van der Waals surface area contributed by atoms with Crippen molar-refractivity contribution in [3.63, 3.8) is 0 Å². The minimum atomic E-state index is 1.11. The minimum Gasteiger partial charge on any atom is -0.310 e. The van der Waals surface area contributed by atoms with E-state index >= 15 is 0 Å². The van der Waals surface area contributed by atoms with Gasteiger partial charge in [0, 0.05) is 16.8 Å². The molecular weight excluding hydrogens is 542 g/mol. The molecule has 0 aliphatic carbocycles. The summed E-state index contributed by atoms with van der Waals surface area (Å²) in [5.74, 6) is 0. The van der Waals surface area contributed by atoms with Gasteiger partial charge in [0.15, 0.2) is 0 Å². The third kappa shape index (κ3) is 5.15. The summed E-state index contributed by atoms with van der Waals surface area (Å²) in [4.78, 5) is 2.40. The van der Waals surface area contributed by atoms with Crippen molar-refractivity contribution in [3.8, 4) is 33.4 Å². The van der Waals surface area contributed by atoms with Gasteiger partial charge in [-0.2, -0.15) is 0 Å². The number of hydrogen-bond acceptors (Lipinski definition) is 1. The number of rotatable bonds is 6. The van der Waals surface area contributed by atoms with Crippen molar-refractivity contribution in [2.75, 3.05) is 4.90 Å².